The molecule has 0 aromatic heterocycles. The van der Waals surface area contributed by atoms with Gasteiger partial charge in [-0.15, -0.1) is 0 Å². The molecular weight excluding hydrogens is 392 g/mol. The van der Waals surface area contributed by atoms with E-state index in [0.29, 0.717) is 10.7 Å². The molecule has 1 amide bonds. The van der Waals surface area contributed by atoms with Crippen LogP contribution in [0.4, 0.5) is 5.69 Å². The number of sulfonamides is 1. The standard InChI is InChI=1S/C18H19ClN2O5S/c1-11-4-7-14(19)10-16(11)21-17(22)12(2)26-18(23)13-5-8-15(9-6-13)27(24,25)20-3/h4-10,12,20H,1-3H3,(H,21,22). The molecule has 2 N–H and O–H groups in total. The van der Waals surface area contributed by atoms with E-state index in [2.05, 4.69) is 10.0 Å². The van der Waals surface area contributed by atoms with Crippen LogP contribution in [0.15, 0.2) is 47.4 Å². The van der Waals surface area contributed by atoms with Crippen LogP contribution < -0.4 is 10.0 Å². The van der Waals surface area contributed by atoms with Crippen molar-refractivity contribution >= 4 is 39.2 Å². The highest BCUT2D eigenvalue weighted by molar-refractivity contribution is 7.89. The highest BCUT2D eigenvalue weighted by atomic mass is 35.5. The van der Waals surface area contributed by atoms with E-state index in [1.807, 2.05) is 6.92 Å². The van der Waals surface area contributed by atoms with Crippen LogP contribution >= 0.6 is 11.6 Å². The molecule has 0 bridgehead atoms. The predicted molar refractivity (Wildman–Crippen MR) is 102 cm³/mol. The van der Waals surface area contributed by atoms with Crippen molar-refractivity contribution in [3.63, 3.8) is 0 Å². The summed E-state index contributed by atoms with van der Waals surface area (Å²) in [6.45, 7) is 3.25. The summed E-state index contributed by atoms with van der Waals surface area (Å²) in [6, 6.07) is 10.3. The molecule has 0 radical (unpaired) electrons. The van der Waals surface area contributed by atoms with Crippen molar-refractivity contribution in [2.24, 2.45) is 0 Å². The summed E-state index contributed by atoms with van der Waals surface area (Å²) < 4.78 is 30.7. The second-order valence-corrected chi connectivity index (χ2v) is 8.05. The number of rotatable bonds is 6. The molecule has 1 unspecified atom stereocenters. The van der Waals surface area contributed by atoms with Crippen LogP contribution in [0.3, 0.4) is 0 Å². The minimum Gasteiger partial charge on any atom is -0.449 e. The third-order valence-electron chi connectivity index (χ3n) is 3.78. The highest BCUT2D eigenvalue weighted by Gasteiger charge is 2.20. The number of amides is 1. The first kappa shape index (κ1) is 20.9. The smallest absolute Gasteiger partial charge is 0.338 e. The van der Waals surface area contributed by atoms with Crippen LogP contribution in [0.25, 0.3) is 0 Å². The molecule has 27 heavy (non-hydrogen) atoms. The average molecular weight is 411 g/mol. The lowest BCUT2D eigenvalue weighted by molar-refractivity contribution is -0.123. The van der Waals surface area contributed by atoms with Crippen molar-refractivity contribution in [3.05, 3.63) is 58.6 Å². The Labute approximate surface area is 162 Å². The molecule has 2 aromatic carbocycles. The fourth-order valence-corrected chi connectivity index (χ4v) is 3.04. The fraction of sp³-hybridized carbons (Fsp3) is 0.222. The van der Waals surface area contributed by atoms with E-state index < -0.39 is 28.0 Å². The Kier molecular flexibility index (Phi) is 6.59. The summed E-state index contributed by atoms with van der Waals surface area (Å²) in [4.78, 5) is 24.4. The normalized spacial score (nSPS) is 12.3. The van der Waals surface area contributed by atoms with Crippen LogP contribution in [0.5, 0.6) is 0 Å². The number of carbonyl (C=O) groups excluding carboxylic acids is 2. The van der Waals surface area contributed by atoms with Gasteiger partial charge in [0.1, 0.15) is 0 Å². The average Bonchev–Trinajstić information content (AvgIpc) is 2.64. The van der Waals surface area contributed by atoms with Gasteiger partial charge in [-0.25, -0.2) is 17.9 Å². The number of nitrogens with one attached hydrogen (secondary N) is 2. The molecule has 0 saturated heterocycles. The summed E-state index contributed by atoms with van der Waals surface area (Å²) >= 11 is 5.92. The Morgan fingerprint density at radius 1 is 1.11 bits per heavy atom. The molecule has 0 heterocycles. The van der Waals surface area contributed by atoms with Gasteiger partial charge in [0.05, 0.1) is 10.5 Å². The SMILES string of the molecule is CNS(=O)(=O)c1ccc(C(=O)OC(C)C(=O)Nc2cc(Cl)ccc2C)cc1. The fourth-order valence-electron chi connectivity index (χ4n) is 2.13. The first-order valence-corrected chi connectivity index (χ1v) is 9.82. The van der Waals surface area contributed by atoms with Gasteiger partial charge in [0.15, 0.2) is 6.10 Å². The Morgan fingerprint density at radius 2 is 1.74 bits per heavy atom. The zero-order valence-electron chi connectivity index (χ0n) is 14.9. The lowest BCUT2D eigenvalue weighted by Gasteiger charge is -2.15. The largest absolute Gasteiger partial charge is 0.449 e. The third-order valence-corrected chi connectivity index (χ3v) is 5.44. The van der Waals surface area contributed by atoms with E-state index in [1.165, 1.54) is 38.2 Å². The van der Waals surface area contributed by atoms with E-state index >= 15 is 0 Å². The third kappa shape index (κ3) is 5.29. The van der Waals surface area contributed by atoms with Gasteiger partial charge in [-0.3, -0.25) is 4.79 Å². The first-order chi connectivity index (χ1) is 12.6. The molecule has 0 saturated carbocycles. The van der Waals surface area contributed by atoms with Crippen molar-refractivity contribution in [1.29, 1.82) is 0 Å². The van der Waals surface area contributed by atoms with Crippen molar-refractivity contribution in [2.75, 3.05) is 12.4 Å². The summed E-state index contributed by atoms with van der Waals surface area (Å²) in [5.41, 5.74) is 1.47. The number of halogens is 1. The molecule has 144 valence electrons. The number of aryl methyl sites for hydroxylation is 1. The highest BCUT2D eigenvalue weighted by Crippen LogP contribution is 2.20. The zero-order chi connectivity index (χ0) is 20.2. The lowest BCUT2D eigenvalue weighted by atomic mass is 10.2. The number of ether oxygens (including phenoxy) is 1. The van der Waals surface area contributed by atoms with Crippen LogP contribution in [0.1, 0.15) is 22.8 Å². The van der Waals surface area contributed by atoms with Crippen molar-refractivity contribution in [3.8, 4) is 0 Å². The zero-order valence-corrected chi connectivity index (χ0v) is 16.5. The summed E-state index contributed by atoms with van der Waals surface area (Å²) in [5, 5.41) is 3.13. The van der Waals surface area contributed by atoms with E-state index in [0.717, 1.165) is 5.56 Å². The minimum atomic E-state index is -3.60. The van der Waals surface area contributed by atoms with Gasteiger partial charge >= 0.3 is 5.97 Å². The van der Waals surface area contributed by atoms with Gasteiger partial charge in [-0.1, -0.05) is 17.7 Å². The van der Waals surface area contributed by atoms with Crippen LogP contribution in [-0.4, -0.2) is 33.4 Å². The number of esters is 1. The molecule has 0 aliphatic heterocycles. The van der Waals surface area contributed by atoms with Gasteiger partial charge in [-0.2, -0.15) is 0 Å². The Morgan fingerprint density at radius 3 is 2.33 bits per heavy atom. The quantitative estimate of drug-likeness (QED) is 0.713. The number of carbonyl (C=O) groups is 2. The number of hydrogen-bond acceptors (Lipinski definition) is 5. The summed E-state index contributed by atoms with van der Waals surface area (Å²) in [5.74, 6) is -1.25. The number of anilines is 1. The molecule has 2 rings (SSSR count). The number of hydrogen-bond donors (Lipinski definition) is 2. The lowest BCUT2D eigenvalue weighted by Crippen LogP contribution is -2.30. The van der Waals surface area contributed by atoms with Gasteiger partial charge in [0.25, 0.3) is 5.91 Å². The number of benzene rings is 2. The molecular formula is C18H19ClN2O5S. The van der Waals surface area contributed by atoms with E-state index in [1.54, 1.807) is 18.2 Å². The molecule has 0 spiro atoms. The topological polar surface area (TPSA) is 102 Å². The van der Waals surface area contributed by atoms with E-state index in [-0.39, 0.29) is 10.5 Å². The molecule has 0 fully saturated rings. The maximum absolute atomic E-state index is 12.2. The van der Waals surface area contributed by atoms with Crippen LogP contribution in [0.2, 0.25) is 5.02 Å². The summed E-state index contributed by atoms with van der Waals surface area (Å²) in [6.07, 6.45) is -1.06. The van der Waals surface area contributed by atoms with Crippen molar-refractivity contribution in [2.45, 2.75) is 24.8 Å². The molecule has 0 aliphatic carbocycles. The van der Waals surface area contributed by atoms with Crippen molar-refractivity contribution < 1.29 is 22.7 Å². The van der Waals surface area contributed by atoms with Gasteiger partial charge in [-0.05, 0) is 62.9 Å². The van der Waals surface area contributed by atoms with Crippen LogP contribution in [-0.2, 0) is 19.6 Å². The van der Waals surface area contributed by atoms with Crippen LogP contribution in [0, 0.1) is 6.92 Å². The Bertz CT molecular complexity index is 958. The van der Waals surface area contributed by atoms with Crippen molar-refractivity contribution in [1.82, 2.24) is 4.72 Å². The maximum atomic E-state index is 12.2. The monoisotopic (exact) mass is 410 g/mol. The van der Waals surface area contributed by atoms with Gasteiger partial charge < -0.3 is 10.1 Å². The Hall–Kier alpha value is -2.42. The summed E-state index contributed by atoms with van der Waals surface area (Å²) in [7, 11) is -2.31. The molecule has 1 atom stereocenters. The molecule has 9 heteroatoms. The van der Waals surface area contributed by atoms with E-state index in [9.17, 15) is 18.0 Å². The second kappa shape index (κ2) is 8.51. The Balaban J connectivity index is 2.04. The van der Waals surface area contributed by atoms with E-state index in [4.69, 9.17) is 16.3 Å². The molecule has 7 nitrogen and oxygen atoms in total. The predicted octanol–water partition coefficient (Wildman–Crippen LogP) is 2.74. The maximum Gasteiger partial charge on any atom is 0.338 e. The second-order valence-electron chi connectivity index (χ2n) is 5.73. The minimum absolute atomic E-state index is 0.0174. The molecule has 2 aromatic rings. The van der Waals surface area contributed by atoms with Gasteiger partial charge in [0, 0.05) is 10.7 Å². The first-order valence-electron chi connectivity index (χ1n) is 7.95. The molecule has 0 aliphatic rings. The van der Waals surface area contributed by atoms with Gasteiger partial charge in [0.2, 0.25) is 10.0 Å².